The van der Waals surface area contributed by atoms with E-state index in [1.54, 1.807) is 17.5 Å². The van der Waals surface area contributed by atoms with E-state index in [0.717, 1.165) is 63.1 Å². The third-order valence-corrected chi connectivity index (χ3v) is 12.3. The Morgan fingerprint density at radius 1 is 0.898 bits per heavy atom. The van der Waals surface area contributed by atoms with Crippen molar-refractivity contribution in [1.29, 1.82) is 0 Å². The highest BCUT2D eigenvalue weighted by Crippen LogP contribution is 2.41. The van der Waals surface area contributed by atoms with Crippen LogP contribution in [0.15, 0.2) is 54.3 Å². The van der Waals surface area contributed by atoms with Crippen LogP contribution in [0, 0.1) is 11.8 Å². The zero-order valence-corrected chi connectivity index (χ0v) is 36.1. The van der Waals surface area contributed by atoms with E-state index >= 15 is 0 Å². The number of H-pyrrole nitrogens is 2. The predicted octanol–water partition coefficient (Wildman–Crippen LogP) is 7.43. The number of alkyl carbamates (subject to hydrolysis) is 2. The third kappa shape index (κ3) is 8.85. The zero-order valence-electron chi connectivity index (χ0n) is 35.3. The molecule has 1 fully saturated rings. The number of ether oxygens (including phenoxy) is 2. The summed E-state index contributed by atoms with van der Waals surface area (Å²) in [5.74, 6) is 1.06. The van der Waals surface area contributed by atoms with Crippen LogP contribution in [0.3, 0.4) is 0 Å². The molecule has 15 nitrogen and oxygen atoms in total. The summed E-state index contributed by atoms with van der Waals surface area (Å²) in [7, 11) is 2.60. The van der Waals surface area contributed by atoms with Gasteiger partial charge in [0.1, 0.15) is 23.9 Å². The van der Waals surface area contributed by atoms with E-state index < -0.39 is 36.0 Å². The summed E-state index contributed by atoms with van der Waals surface area (Å²) in [6.07, 6.45) is 3.79. The van der Waals surface area contributed by atoms with Crippen LogP contribution in [0.25, 0.3) is 43.9 Å². The van der Waals surface area contributed by atoms with E-state index in [9.17, 15) is 19.5 Å². The number of hydrogen-bond donors (Lipinski definition) is 5. The standard InChI is InChI=1S/C43H57N9O6S/c1-10-19-51(38(53)33(24(2)3)49-41(55)57-8)26(6)37-44-21-31(47-37)28-14-12-27(13-15-28)29-16-17-30(36-35(29)46-23-59-36)32-22-45-40(48-32)43(7)18-11-20-52(43)39(54)34(25(4)5)50-42(56)58-9/h12-17,21-26,33-34,38,53H,10-11,18-20H2,1-9H3,(H,44,47)(H,45,48)(H,49,55)(H,50,56). The number of benzene rings is 2. The number of aromatic amines is 2. The Kier molecular flexibility index (Phi) is 13.4. The molecule has 1 aliphatic rings. The Morgan fingerprint density at radius 3 is 2.22 bits per heavy atom. The molecule has 0 radical (unpaired) electrons. The molecule has 5 aromatic rings. The normalized spacial score (nSPS) is 17.7. The number of fused-ring (bicyclic) bond motifs is 1. The summed E-state index contributed by atoms with van der Waals surface area (Å²) in [6, 6.07) is 10.9. The van der Waals surface area contributed by atoms with Crippen molar-refractivity contribution in [3.63, 3.8) is 0 Å². The number of carbonyl (C=O) groups is 3. The molecule has 2 aromatic carbocycles. The van der Waals surface area contributed by atoms with Crippen LogP contribution < -0.4 is 10.6 Å². The van der Waals surface area contributed by atoms with Gasteiger partial charge in [-0.2, -0.15) is 0 Å². The lowest BCUT2D eigenvalue weighted by atomic mass is 9.95. The van der Waals surface area contributed by atoms with Crippen molar-refractivity contribution in [1.82, 2.24) is 45.4 Å². The Morgan fingerprint density at radius 2 is 1.56 bits per heavy atom. The van der Waals surface area contributed by atoms with E-state index in [1.807, 2.05) is 70.0 Å². The topological polar surface area (TPSA) is 191 Å². The number of methoxy groups -OCH3 is 2. The Balaban J connectivity index is 1.21. The SMILES string of the molecule is CCCN(C(C)c1ncc(-c2ccc(-c3ccc(-c4cnc(C5(C)CCCN5C(=O)C(NC(=O)OC)C(C)C)[nH]4)c4scnc34)cc2)[nH]1)C(O)C(NC(=O)OC)C(C)C. The maximum absolute atomic E-state index is 13.9. The molecule has 3 amide bonds. The molecule has 5 unspecified atom stereocenters. The molecule has 316 valence electrons. The molecule has 1 aliphatic heterocycles. The number of hydrogen-bond acceptors (Lipinski definition) is 11. The van der Waals surface area contributed by atoms with Gasteiger partial charge in [-0.05, 0) is 56.1 Å². The van der Waals surface area contributed by atoms with E-state index in [0.29, 0.717) is 24.7 Å². The first-order chi connectivity index (χ1) is 28.2. The molecule has 4 heterocycles. The van der Waals surface area contributed by atoms with Gasteiger partial charge in [-0.15, -0.1) is 11.3 Å². The number of aliphatic hydroxyl groups is 1. The van der Waals surface area contributed by atoms with Gasteiger partial charge in [0.2, 0.25) is 5.91 Å². The number of nitrogens with one attached hydrogen (secondary N) is 4. The molecule has 1 saturated heterocycles. The molecule has 16 heteroatoms. The number of rotatable bonds is 15. The molecule has 0 saturated carbocycles. The van der Waals surface area contributed by atoms with Gasteiger partial charge in [-0.1, -0.05) is 71.0 Å². The van der Waals surface area contributed by atoms with Gasteiger partial charge in [-0.3, -0.25) is 9.69 Å². The smallest absolute Gasteiger partial charge is 0.407 e. The number of carbonyl (C=O) groups excluding carboxylic acids is 3. The summed E-state index contributed by atoms with van der Waals surface area (Å²) in [6.45, 7) is 14.9. The number of likely N-dealkylation sites (tertiary alicyclic amines) is 1. The van der Waals surface area contributed by atoms with Crippen molar-refractivity contribution in [2.45, 2.75) is 97.6 Å². The quantitative estimate of drug-likeness (QED) is 0.0664. The number of nitrogens with zero attached hydrogens (tertiary/aromatic N) is 5. The van der Waals surface area contributed by atoms with E-state index in [-0.39, 0.29) is 23.8 Å². The first kappa shape index (κ1) is 43.3. The first-order valence-corrected chi connectivity index (χ1v) is 21.1. The summed E-state index contributed by atoms with van der Waals surface area (Å²) < 4.78 is 10.6. The number of thiazole rings is 1. The highest BCUT2D eigenvalue weighted by Gasteiger charge is 2.46. The molecule has 5 atom stereocenters. The fraction of sp³-hybridized carbons (Fsp3) is 0.488. The number of aromatic nitrogens is 5. The average Bonchev–Trinajstić information content (AvgIpc) is 4.07. The van der Waals surface area contributed by atoms with Crippen molar-refractivity contribution < 1.29 is 29.0 Å². The lowest BCUT2D eigenvalue weighted by molar-refractivity contribution is -0.138. The second-order valence-electron chi connectivity index (χ2n) is 16.1. The molecular formula is C43H57N9O6S. The predicted molar refractivity (Wildman–Crippen MR) is 228 cm³/mol. The van der Waals surface area contributed by atoms with Crippen molar-refractivity contribution in [3.8, 4) is 33.6 Å². The molecule has 0 aliphatic carbocycles. The second kappa shape index (κ2) is 18.3. The minimum absolute atomic E-state index is 0.0422. The number of amides is 3. The fourth-order valence-corrected chi connectivity index (χ4v) is 8.88. The largest absolute Gasteiger partial charge is 0.453 e. The van der Waals surface area contributed by atoms with Crippen LogP contribution in [-0.2, 0) is 19.8 Å². The van der Waals surface area contributed by atoms with Crippen LogP contribution in [0.5, 0.6) is 0 Å². The summed E-state index contributed by atoms with van der Waals surface area (Å²) in [5, 5.41) is 17.0. The van der Waals surface area contributed by atoms with Crippen molar-refractivity contribution in [2.75, 3.05) is 27.3 Å². The van der Waals surface area contributed by atoms with Crippen LogP contribution in [0.1, 0.15) is 85.4 Å². The fourth-order valence-electron chi connectivity index (χ4n) is 8.04. The minimum atomic E-state index is -0.960. The lowest BCUT2D eigenvalue weighted by Crippen LogP contribution is -2.55. The van der Waals surface area contributed by atoms with Gasteiger partial charge in [0, 0.05) is 24.2 Å². The van der Waals surface area contributed by atoms with Gasteiger partial charge < -0.3 is 40.1 Å². The van der Waals surface area contributed by atoms with Gasteiger partial charge in [0.15, 0.2) is 0 Å². The summed E-state index contributed by atoms with van der Waals surface area (Å²) in [5.41, 5.74) is 7.66. The third-order valence-electron chi connectivity index (χ3n) is 11.5. The second-order valence-corrected chi connectivity index (χ2v) is 16.9. The first-order valence-electron chi connectivity index (χ1n) is 20.2. The molecule has 6 rings (SSSR count). The highest BCUT2D eigenvalue weighted by molar-refractivity contribution is 7.17. The van der Waals surface area contributed by atoms with Gasteiger partial charge in [-0.25, -0.2) is 24.5 Å². The number of aliphatic hydroxyl groups excluding tert-OH is 1. The molecule has 0 bridgehead atoms. The van der Waals surface area contributed by atoms with Crippen LogP contribution >= 0.6 is 11.3 Å². The molecule has 59 heavy (non-hydrogen) atoms. The minimum Gasteiger partial charge on any atom is -0.453 e. The van der Waals surface area contributed by atoms with Gasteiger partial charge >= 0.3 is 12.2 Å². The van der Waals surface area contributed by atoms with Gasteiger partial charge in [0.25, 0.3) is 0 Å². The van der Waals surface area contributed by atoms with Crippen molar-refractivity contribution in [3.05, 3.63) is 66.0 Å². The van der Waals surface area contributed by atoms with Crippen LogP contribution in [0.2, 0.25) is 0 Å². The monoisotopic (exact) mass is 827 g/mol. The maximum atomic E-state index is 13.9. The van der Waals surface area contributed by atoms with E-state index in [4.69, 9.17) is 24.4 Å². The van der Waals surface area contributed by atoms with Crippen molar-refractivity contribution >= 4 is 39.6 Å². The van der Waals surface area contributed by atoms with Crippen LogP contribution in [-0.4, -0.2) is 104 Å². The molecular weight excluding hydrogens is 771 g/mol. The average molecular weight is 828 g/mol. The maximum Gasteiger partial charge on any atom is 0.407 e. The summed E-state index contributed by atoms with van der Waals surface area (Å²) >= 11 is 1.56. The van der Waals surface area contributed by atoms with Gasteiger partial charge in [0.05, 0.1) is 71.4 Å². The zero-order chi connectivity index (χ0) is 42.6. The highest BCUT2D eigenvalue weighted by atomic mass is 32.1. The Labute approximate surface area is 349 Å². The molecule has 5 N–H and O–H groups in total. The van der Waals surface area contributed by atoms with Crippen molar-refractivity contribution in [2.24, 2.45) is 11.8 Å². The Hall–Kier alpha value is -5.32. The lowest BCUT2D eigenvalue weighted by Gasteiger charge is -2.38. The molecule has 0 spiro atoms. The van der Waals surface area contributed by atoms with Crippen LogP contribution in [0.4, 0.5) is 9.59 Å². The van der Waals surface area contributed by atoms with E-state index in [2.05, 4.69) is 57.0 Å². The molecule has 3 aromatic heterocycles. The Bertz CT molecular complexity index is 2230. The number of imidazole rings is 2. The van der Waals surface area contributed by atoms with E-state index in [1.165, 1.54) is 14.2 Å². The summed E-state index contributed by atoms with van der Waals surface area (Å²) in [4.78, 5) is 63.1.